The first-order valence-corrected chi connectivity index (χ1v) is 5.29. The molecule has 2 N–H and O–H groups in total. The van der Waals surface area contributed by atoms with E-state index in [4.69, 9.17) is 16.0 Å². The molecular formula is C11H10ClN3O2. The average Bonchev–Trinajstić information content (AvgIpc) is 2.79. The van der Waals surface area contributed by atoms with E-state index in [1.165, 1.54) is 12.7 Å². The summed E-state index contributed by atoms with van der Waals surface area (Å²) < 4.78 is 4.78. The third-order valence-corrected chi connectivity index (χ3v) is 2.23. The lowest BCUT2D eigenvalue weighted by Crippen LogP contribution is -2.28. The predicted molar refractivity (Wildman–Crippen MR) is 63.8 cm³/mol. The van der Waals surface area contributed by atoms with Crippen LogP contribution >= 0.6 is 11.6 Å². The van der Waals surface area contributed by atoms with Crippen molar-refractivity contribution in [3.63, 3.8) is 0 Å². The van der Waals surface area contributed by atoms with Crippen LogP contribution in [0.2, 0.25) is 5.02 Å². The highest BCUT2D eigenvalue weighted by atomic mass is 35.5. The molecule has 5 nitrogen and oxygen atoms in total. The second-order valence-electron chi connectivity index (χ2n) is 3.30. The van der Waals surface area contributed by atoms with Gasteiger partial charge in [-0.3, -0.25) is 0 Å². The van der Waals surface area contributed by atoms with Crippen LogP contribution in [0.1, 0.15) is 5.69 Å². The minimum Gasteiger partial charge on any atom is -0.451 e. The quantitative estimate of drug-likeness (QED) is 0.881. The Morgan fingerprint density at radius 2 is 2.35 bits per heavy atom. The number of benzene rings is 1. The Bertz CT molecular complexity index is 499. The molecular weight excluding hydrogens is 242 g/mol. The van der Waals surface area contributed by atoms with Crippen molar-refractivity contribution in [2.45, 2.75) is 6.54 Å². The van der Waals surface area contributed by atoms with Gasteiger partial charge in [-0.2, -0.15) is 0 Å². The summed E-state index contributed by atoms with van der Waals surface area (Å²) in [5, 5.41) is 5.86. The molecule has 0 saturated carbocycles. The van der Waals surface area contributed by atoms with Gasteiger partial charge in [0, 0.05) is 10.7 Å². The molecule has 0 aliphatic rings. The standard InChI is InChI=1S/C11H10ClN3O2/c12-8-2-1-3-9(4-8)15-11(16)13-5-10-6-17-7-14-10/h1-4,6-7H,5H2,(H2,13,15,16). The van der Waals surface area contributed by atoms with Gasteiger partial charge in [-0.05, 0) is 18.2 Å². The van der Waals surface area contributed by atoms with E-state index in [1.54, 1.807) is 24.3 Å². The minimum atomic E-state index is -0.324. The summed E-state index contributed by atoms with van der Waals surface area (Å²) in [5.41, 5.74) is 1.29. The molecule has 6 heteroatoms. The summed E-state index contributed by atoms with van der Waals surface area (Å²) in [6.07, 6.45) is 2.78. The summed E-state index contributed by atoms with van der Waals surface area (Å²) in [4.78, 5) is 15.4. The molecule has 2 amide bonds. The zero-order chi connectivity index (χ0) is 12.1. The van der Waals surface area contributed by atoms with Crippen molar-refractivity contribution in [1.29, 1.82) is 0 Å². The van der Waals surface area contributed by atoms with Gasteiger partial charge >= 0.3 is 6.03 Å². The predicted octanol–water partition coefficient (Wildman–Crippen LogP) is 2.65. The Morgan fingerprint density at radius 3 is 3.06 bits per heavy atom. The molecule has 0 aliphatic carbocycles. The second kappa shape index (κ2) is 5.36. The summed E-state index contributed by atoms with van der Waals surface area (Å²) in [6.45, 7) is 0.308. The number of urea groups is 1. The summed E-state index contributed by atoms with van der Waals surface area (Å²) in [5.74, 6) is 0. The first-order chi connectivity index (χ1) is 8.24. The SMILES string of the molecule is O=C(NCc1cocn1)Nc1cccc(Cl)c1. The number of carbonyl (C=O) groups is 1. The molecule has 0 aliphatic heterocycles. The Balaban J connectivity index is 1.85. The number of carbonyl (C=O) groups excluding carboxylic acids is 1. The van der Waals surface area contributed by atoms with Crippen LogP contribution in [0, 0.1) is 0 Å². The third-order valence-electron chi connectivity index (χ3n) is 2.00. The van der Waals surface area contributed by atoms with Crippen LogP contribution in [0.3, 0.4) is 0 Å². The van der Waals surface area contributed by atoms with E-state index in [1.807, 2.05) is 0 Å². The van der Waals surface area contributed by atoms with Crippen LogP contribution in [-0.2, 0) is 6.54 Å². The van der Waals surface area contributed by atoms with Crippen LogP contribution in [0.4, 0.5) is 10.5 Å². The Hall–Kier alpha value is -2.01. The molecule has 0 radical (unpaired) electrons. The fourth-order valence-corrected chi connectivity index (χ4v) is 1.43. The fraction of sp³-hybridized carbons (Fsp3) is 0.0909. The molecule has 1 heterocycles. The van der Waals surface area contributed by atoms with E-state index >= 15 is 0 Å². The number of hydrogen-bond donors (Lipinski definition) is 2. The lowest BCUT2D eigenvalue weighted by atomic mass is 10.3. The van der Waals surface area contributed by atoms with Gasteiger partial charge in [0.05, 0.1) is 12.2 Å². The third kappa shape index (κ3) is 3.49. The van der Waals surface area contributed by atoms with E-state index in [9.17, 15) is 4.79 Å². The van der Waals surface area contributed by atoms with Gasteiger partial charge in [-0.25, -0.2) is 9.78 Å². The number of nitrogens with one attached hydrogen (secondary N) is 2. The van der Waals surface area contributed by atoms with Crippen LogP contribution in [0.25, 0.3) is 0 Å². The lowest BCUT2D eigenvalue weighted by Gasteiger charge is -2.06. The summed E-state index contributed by atoms with van der Waals surface area (Å²) in [7, 11) is 0. The average molecular weight is 252 g/mol. The number of rotatable bonds is 3. The first kappa shape index (κ1) is 11.5. The molecule has 0 unspecified atom stereocenters. The van der Waals surface area contributed by atoms with E-state index < -0.39 is 0 Å². The Labute approximate surface area is 103 Å². The van der Waals surface area contributed by atoms with Crippen molar-refractivity contribution in [1.82, 2.24) is 10.3 Å². The number of halogens is 1. The summed E-state index contributed by atoms with van der Waals surface area (Å²) in [6, 6.07) is 6.59. The zero-order valence-electron chi connectivity index (χ0n) is 8.81. The summed E-state index contributed by atoms with van der Waals surface area (Å²) >= 11 is 5.79. The van der Waals surface area contributed by atoms with Gasteiger partial charge < -0.3 is 15.1 Å². The number of oxazole rings is 1. The van der Waals surface area contributed by atoms with Gasteiger partial charge in [-0.15, -0.1) is 0 Å². The van der Waals surface area contributed by atoms with Crippen LogP contribution in [-0.4, -0.2) is 11.0 Å². The molecule has 0 bridgehead atoms. The molecule has 1 aromatic heterocycles. The maximum absolute atomic E-state index is 11.5. The van der Waals surface area contributed by atoms with E-state index in [-0.39, 0.29) is 6.03 Å². The van der Waals surface area contributed by atoms with Crippen LogP contribution in [0.15, 0.2) is 41.3 Å². The molecule has 17 heavy (non-hydrogen) atoms. The number of aromatic nitrogens is 1. The number of hydrogen-bond acceptors (Lipinski definition) is 3. The second-order valence-corrected chi connectivity index (χ2v) is 3.73. The van der Waals surface area contributed by atoms with Crippen molar-refractivity contribution in [3.05, 3.63) is 47.6 Å². The van der Waals surface area contributed by atoms with Gasteiger partial charge in [0.2, 0.25) is 0 Å². The Morgan fingerprint density at radius 1 is 1.47 bits per heavy atom. The highest BCUT2D eigenvalue weighted by molar-refractivity contribution is 6.30. The van der Waals surface area contributed by atoms with Gasteiger partial charge in [0.15, 0.2) is 6.39 Å². The van der Waals surface area contributed by atoms with Gasteiger partial charge in [-0.1, -0.05) is 17.7 Å². The molecule has 0 atom stereocenters. The maximum atomic E-state index is 11.5. The van der Waals surface area contributed by atoms with Crippen molar-refractivity contribution in [2.75, 3.05) is 5.32 Å². The smallest absolute Gasteiger partial charge is 0.319 e. The highest BCUT2D eigenvalue weighted by Gasteiger charge is 2.03. The zero-order valence-corrected chi connectivity index (χ0v) is 9.57. The molecule has 1 aromatic carbocycles. The molecule has 88 valence electrons. The topological polar surface area (TPSA) is 67.2 Å². The van der Waals surface area contributed by atoms with E-state index in [0.29, 0.717) is 22.9 Å². The molecule has 0 saturated heterocycles. The molecule has 2 aromatic rings. The monoisotopic (exact) mass is 251 g/mol. The van der Waals surface area contributed by atoms with Crippen molar-refractivity contribution < 1.29 is 9.21 Å². The largest absolute Gasteiger partial charge is 0.451 e. The molecule has 2 rings (SSSR count). The van der Waals surface area contributed by atoms with Crippen LogP contribution < -0.4 is 10.6 Å². The minimum absolute atomic E-state index is 0.308. The maximum Gasteiger partial charge on any atom is 0.319 e. The van der Waals surface area contributed by atoms with Gasteiger partial charge in [0.25, 0.3) is 0 Å². The Kier molecular flexibility index (Phi) is 3.62. The molecule has 0 fully saturated rings. The number of anilines is 1. The first-order valence-electron chi connectivity index (χ1n) is 4.91. The van der Waals surface area contributed by atoms with E-state index in [2.05, 4.69) is 15.6 Å². The van der Waals surface area contributed by atoms with Crippen molar-refractivity contribution in [2.24, 2.45) is 0 Å². The van der Waals surface area contributed by atoms with Crippen molar-refractivity contribution >= 4 is 23.3 Å². The van der Waals surface area contributed by atoms with Gasteiger partial charge in [0.1, 0.15) is 6.26 Å². The number of amides is 2. The highest BCUT2D eigenvalue weighted by Crippen LogP contribution is 2.14. The normalized spacial score (nSPS) is 9.94. The van der Waals surface area contributed by atoms with E-state index in [0.717, 1.165) is 0 Å². The fourth-order valence-electron chi connectivity index (χ4n) is 1.24. The number of nitrogens with zero attached hydrogens (tertiary/aromatic N) is 1. The molecule has 0 spiro atoms. The van der Waals surface area contributed by atoms with Crippen LogP contribution in [0.5, 0.6) is 0 Å². The lowest BCUT2D eigenvalue weighted by molar-refractivity contribution is 0.251. The van der Waals surface area contributed by atoms with Crippen molar-refractivity contribution in [3.8, 4) is 0 Å².